The largest absolute Gasteiger partial charge is 0.321 e. The highest BCUT2D eigenvalue weighted by Gasteiger charge is 1.99. The highest BCUT2D eigenvalue weighted by Crippen LogP contribution is 2.03. The van der Waals surface area contributed by atoms with Gasteiger partial charge in [-0.1, -0.05) is 23.8 Å². The third kappa shape index (κ3) is 1.73. The van der Waals surface area contributed by atoms with E-state index in [0.29, 0.717) is 5.84 Å². The Balaban J connectivity index is 3.02. The van der Waals surface area contributed by atoms with Gasteiger partial charge in [0.1, 0.15) is 0 Å². The van der Waals surface area contributed by atoms with E-state index in [2.05, 4.69) is 10.5 Å². The van der Waals surface area contributed by atoms with E-state index in [9.17, 15) is 0 Å². The summed E-state index contributed by atoms with van der Waals surface area (Å²) in [6.45, 7) is 1.99. The van der Waals surface area contributed by atoms with Crippen molar-refractivity contribution in [2.24, 2.45) is 16.8 Å². The maximum atomic E-state index is 5.20. The van der Waals surface area contributed by atoms with Crippen LogP contribution in [-0.2, 0) is 0 Å². The average molecular weight is 164 g/mol. The number of nitrogens with zero attached hydrogens (tertiary/aromatic N) is 1. The molecule has 4 heteroatoms. The van der Waals surface area contributed by atoms with Crippen LogP contribution in [0, 0.1) is 6.92 Å². The number of hydrogen-bond acceptors (Lipinski definition) is 3. The van der Waals surface area contributed by atoms with Crippen LogP contribution >= 0.6 is 0 Å². The number of rotatable bonds is 1. The molecule has 0 saturated carbocycles. The quantitative estimate of drug-likeness (QED) is 0.238. The molecule has 0 fully saturated rings. The molecule has 0 bridgehead atoms. The predicted molar refractivity (Wildman–Crippen MR) is 49.2 cm³/mol. The van der Waals surface area contributed by atoms with Crippen molar-refractivity contribution in [3.8, 4) is 0 Å². The van der Waals surface area contributed by atoms with Gasteiger partial charge in [-0.25, -0.2) is 5.84 Å². The number of hydrazone groups is 1. The first-order valence-electron chi connectivity index (χ1n) is 3.59. The second-order valence-electron chi connectivity index (χ2n) is 2.49. The van der Waals surface area contributed by atoms with Crippen molar-refractivity contribution < 1.29 is 0 Å². The fourth-order valence-corrected chi connectivity index (χ4v) is 0.987. The van der Waals surface area contributed by atoms with E-state index >= 15 is 0 Å². The lowest BCUT2D eigenvalue weighted by molar-refractivity contribution is 1.00. The molecule has 5 N–H and O–H groups in total. The van der Waals surface area contributed by atoms with Gasteiger partial charge in [-0.05, 0) is 13.0 Å². The van der Waals surface area contributed by atoms with Crippen LogP contribution in [0.4, 0.5) is 0 Å². The molecule has 0 aliphatic carbocycles. The van der Waals surface area contributed by atoms with Crippen LogP contribution in [0.2, 0.25) is 0 Å². The summed E-state index contributed by atoms with van der Waals surface area (Å²) < 4.78 is 0. The van der Waals surface area contributed by atoms with Gasteiger partial charge < -0.3 is 11.3 Å². The third-order valence-electron chi connectivity index (χ3n) is 1.56. The molecule has 4 nitrogen and oxygen atoms in total. The van der Waals surface area contributed by atoms with Gasteiger partial charge in [0.05, 0.1) is 0 Å². The zero-order valence-corrected chi connectivity index (χ0v) is 6.91. The van der Waals surface area contributed by atoms with Crippen LogP contribution < -0.4 is 17.1 Å². The normalized spacial score (nSPS) is 11.3. The van der Waals surface area contributed by atoms with Crippen molar-refractivity contribution in [1.82, 2.24) is 5.43 Å². The van der Waals surface area contributed by atoms with Gasteiger partial charge in [-0.15, -0.1) is 0 Å². The highest BCUT2D eigenvalue weighted by atomic mass is 15.3. The van der Waals surface area contributed by atoms with Crippen LogP contribution in [0.15, 0.2) is 29.4 Å². The maximum Gasteiger partial charge on any atom is 0.166 e. The number of hydrogen-bond donors (Lipinski definition) is 3. The lowest BCUT2D eigenvalue weighted by atomic mass is 10.1. The number of benzene rings is 1. The summed E-state index contributed by atoms with van der Waals surface area (Å²) in [5, 5.41) is 3.50. The second-order valence-corrected chi connectivity index (χ2v) is 2.49. The van der Waals surface area contributed by atoms with E-state index in [1.165, 1.54) is 0 Å². The maximum absolute atomic E-state index is 5.20. The van der Waals surface area contributed by atoms with E-state index in [1.807, 2.05) is 31.2 Å². The summed E-state index contributed by atoms with van der Waals surface area (Å²) in [4.78, 5) is 0. The van der Waals surface area contributed by atoms with E-state index in [-0.39, 0.29) is 0 Å². The fourth-order valence-electron chi connectivity index (χ4n) is 0.987. The van der Waals surface area contributed by atoms with Crippen molar-refractivity contribution in [1.29, 1.82) is 0 Å². The SMILES string of the molecule is Cc1cccc(/C(=N/N)NN)c1. The number of aryl methyl sites for hydroxylation is 1. The van der Waals surface area contributed by atoms with Gasteiger partial charge in [-0.2, -0.15) is 5.10 Å². The van der Waals surface area contributed by atoms with E-state index in [4.69, 9.17) is 11.7 Å². The van der Waals surface area contributed by atoms with E-state index in [0.717, 1.165) is 11.1 Å². The lowest BCUT2D eigenvalue weighted by Gasteiger charge is -2.03. The Morgan fingerprint density at radius 2 is 2.25 bits per heavy atom. The number of amidine groups is 1. The minimum Gasteiger partial charge on any atom is -0.321 e. The molecule has 0 radical (unpaired) electrons. The molecule has 1 aromatic carbocycles. The van der Waals surface area contributed by atoms with Crippen molar-refractivity contribution in [3.05, 3.63) is 35.4 Å². The molecule has 0 amide bonds. The standard InChI is InChI=1S/C8H12N4/c1-6-3-2-4-7(5-6)8(11-9)12-10/h2-5H,9-10H2,1H3,(H,11,12). The summed E-state index contributed by atoms with van der Waals surface area (Å²) in [7, 11) is 0. The third-order valence-corrected chi connectivity index (χ3v) is 1.56. The molecule has 0 spiro atoms. The first-order chi connectivity index (χ1) is 5.77. The predicted octanol–water partition coefficient (Wildman–Crippen LogP) is 0.0786. The molecule has 1 rings (SSSR count). The molecule has 0 aliphatic heterocycles. The Kier molecular flexibility index (Phi) is 2.66. The van der Waals surface area contributed by atoms with Crippen LogP contribution in [0.25, 0.3) is 0 Å². The zero-order chi connectivity index (χ0) is 8.97. The van der Waals surface area contributed by atoms with Crippen molar-refractivity contribution >= 4 is 5.84 Å². The molecule has 0 atom stereocenters. The molecule has 1 aromatic rings. The van der Waals surface area contributed by atoms with Gasteiger partial charge in [0.2, 0.25) is 0 Å². The fraction of sp³-hybridized carbons (Fsp3) is 0.125. The van der Waals surface area contributed by atoms with Gasteiger partial charge in [0.15, 0.2) is 5.84 Å². The van der Waals surface area contributed by atoms with Crippen LogP contribution in [-0.4, -0.2) is 5.84 Å². The summed E-state index contributed by atoms with van der Waals surface area (Å²) in [5.41, 5.74) is 4.45. The first kappa shape index (κ1) is 8.55. The summed E-state index contributed by atoms with van der Waals surface area (Å²) >= 11 is 0. The molecule has 0 aliphatic rings. The Bertz CT molecular complexity index is 293. The van der Waals surface area contributed by atoms with Crippen LogP contribution in [0.3, 0.4) is 0 Å². The van der Waals surface area contributed by atoms with Crippen LogP contribution in [0.1, 0.15) is 11.1 Å². The Morgan fingerprint density at radius 3 is 2.75 bits per heavy atom. The number of nitrogens with one attached hydrogen (secondary N) is 1. The van der Waals surface area contributed by atoms with Crippen molar-refractivity contribution in [2.45, 2.75) is 6.92 Å². The van der Waals surface area contributed by atoms with Gasteiger partial charge >= 0.3 is 0 Å². The molecule has 64 valence electrons. The Labute approximate surface area is 71.2 Å². The highest BCUT2D eigenvalue weighted by molar-refractivity contribution is 5.98. The van der Waals surface area contributed by atoms with Crippen molar-refractivity contribution in [3.63, 3.8) is 0 Å². The Hall–Kier alpha value is -1.55. The topological polar surface area (TPSA) is 76.4 Å². The Morgan fingerprint density at radius 1 is 1.50 bits per heavy atom. The van der Waals surface area contributed by atoms with Gasteiger partial charge in [-0.3, -0.25) is 0 Å². The minimum absolute atomic E-state index is 0.485. The molecular weight excluding hydrogens is 152 g/mol. The van der Waals surface area contributed by atoms with Gasteiger partial charge in [0, 0.05) is 5.56 Å². The van der Waals surface area contributed by atoms with Crippen LogP contribution in [0.5, 0.6) is 0 Å². The van der Waals surface area contributed by atoms with Crippen molar-refractivity contribution in [2.75, 3.05) is 0 Å². The number of nitrogens with two attached hydrogens (primary N) is 2. The van der Waals surface area contributed by atoms with Gasteiger partial charge in [0.25, 0.3) is 0 Å². The smallest absolute Gasteiger partial charge is 0.166 e. The molecule has 0 aromatic heterocycles. The first-order valence-corrected chi connectivity index (χ1v) is 3.59. The number of hydrazine groups is 1. The zero-order valence-electron chi connectivity index (χ0n) is 6.91. The second kappa shape index (κ2) is 3.73. The van der Waals surface area contributed by atoms with E-state index < -0.39 is 0 Å². The average Bonchev–Trinajstić information content (AvgIpc) is 2.07. The summed E-state index contributed by atoms with van der Waals surface area (Å²) in [6.07, 6.45) is 0. The molecule has 0 saturated heterocycles. The summed E-state index contributed by atoms with van der Waals surface area (Å²) in [5.74, 6) is 10.8. The molecular formula is C8H12N4. The summed E-state index contributed by atoms with van der Waals surface area (Å²) in [6, 6.07) is 7.76. The molecule has 0 heterocycles. The molecule has 12 heavy (non-hydrogen) atoms. The molecule has 0 unspecified atom stereocenters. The monoisotopic (exact) mass is 164 g/mol. The lowest BCUT2D eigenvalue weighted by Crippen LogP contribution is -2.32. The minimum atomic E-state index is 0.485. The van der Waals surface area contributed by atoms with E-state index in [1.54, 1.807) is 0 Å².